The predicted molar refractivity (Wildman–Crippen MR) is 109 cm³/mol. The number of benzene rings is 2. The summed E-state index contributed by atoms with van der Waals surface area (Å²) < 4.78 is 62.5. The van der Waals surface area contributed by atoms with Crippen LogP contribution in [0.1, 0.15) is 13.8 Å². The molecule has 0 spiro atoms. The summed E-state index contributed by atoms with van der Waals surface area (Å²) in [6.45, 7) is 3.98. The molecule has 0 atom stereocenters. The molecule has 2 aromatic carbocycles. The fourth-order valence-corrected chi connectivity index (χ4v) is 5.74. The molecule has 0 amide bonds. The maximum absolute atomic E-state index is 13.0. The van der Waals surface area contributed by atoms with E-state index in [1.54, 1.807) is 13.8 Å². The minimum Gasteiger partial charge on any atom is -0.490 e. The van der Waals surface area contributed by atoms with Gasteiger partial charge in [0, 0.05) is 19.2 Å². The summed E-state index contributed by atoms with van der Waals surface area (Å²) >= 11 is 5.70. The molecule has 30 heavy (non-hydrogen) atoms. The monoisotopic (exact) mass is 478 g/mol. The van der Waals surface area contributed by atoms with Crippen molar-refractivity contribution in [3.8, 4) is 11.5 Å². The molecular formula is C17H19ClN2O8S2. The van der Waals surface area contributed by atoms with E-state index in [0.717, 1.165) is 25.2 Å². The number of ether oxygens (including phenoxy) is 2. The first kappa shape index (κ1) is 23.9. The Morgan fingerprint density at radius 2 is 1.43 bits per heavy atom. The molecule has 0 saturated heterocycles. The lowest BCUT2D eigenvalue weighted by atomic mass is 10.3. The van der Waals surface area contributed by atoms with Crippen LogP contribution in [0, 0.1) is 10.1 Å². The quantitative estimate of drug-likeness (QED) is 0.396. The summed E-state index contributed by atoms with van der Waals surface area (Å²) in [6.07, 6.45) is 0. The fraction of sp³-hybridized carbons (Fsp3) is 0.294. The Morgan fingerprint density at radius 1 is 0.933 bits per heavy atom. The number of nitro benzene ring substituents is 1. The molecule has 13 heteroatoms. The third-order valence-electron chi connectivity index (χ3n) is 3.90. The number of sulfonamides is 2. The van der Waals surface area contributed by atoms with E-state index in [1.165, 1.54) is 12.1 Å². The Morgan fingerprint density at radius 3 is 1.97 bits per heavy atom. The van der Waals surface area contributed by atoms with Gasteiger partial charge in [-0.1, -0.05) is 15.3 Å². The molecule has 0 aliphatic rings. The highest BCUT2D eigenvalue weighted by Crippen LogP contribution is 2.33. The zero-order valence-corrected chi connectivity index (χ0v) is 18.6. The van der Waals surface area contributed by atoms with E-state index in [4.69, 9.17) is 21.1 Å². The second-order valence-corrected chi connectivity index (χ2v) is 10.3. The summed E-state index contributed by atoms with van der Waals surface area (Å²) in [6, 6.07) is 6.39. The van der Waals surface area contributed by atoms with Crippen LogP contribution in [0.4, 0.5) is 5.69 Å². The fourth-order valence-electron chi connectivity index (χ4n) is 2.41. The molecule has 164 valence electrons. The molecule has 2 aromatic rings. The van der Waals surface area contributed by atoms with E-state index >= 15 is 0 Å². The minimum absolute atomic E-state index is 0.133. The first-order valence-corrected chi connectivity index (χ1v) is 11.8. The van der Waals surface area contributed by atoms with Gasteiger partial charge in [-0.25, -0.2) is 16.8 Å². The summed E-state index contributed by atoms with van der Waals surface area (Å²) in [4.78, 5) is 9.22. The standard InChI is InChI=1S/C17H19ClN2O8S2/c1-4-27-16-9-7-13(11-17(16)28-5-2)30(25,26)19(3)29(23,24)12-6-8-14(18)15(10-12)20(21)22/h6-11H,4-5H2,1-3H3. The van der Waals surface area contributed by atoms with E-state index in [-0.39, 0.29) is 26.0 Å². The molecule has 0 bridgehead atoms. The zero-order chi connectivity index (χ0) is 22.7. The molecule has 2 rings (SSSR count). The summed E-state index contributed by atoms with van der Waals surface area (Å²) in [7, 11) is -8.37. The highest BCUT2D eigenvalue weighted by atomic mass is 35.5. The average Bonchev–Trinajstić information content (AvgIpc) is 2.68. The van der Waals surface area contributed by atoms with Gasteiger partial charge in [0.15, 0.2) is 11.5 Å². The van der Waals surface area contributed by atoms with Crippen molar-refractivity contribution in [1.82, 2.24) is 3.71 Å². The van der Waals surface area contributed by atoms with Crippen molar-refractivity contribution in [3.05, 3.63) is 51.5 Å². The van der Waals surface area contributed by atoms with Crippen LogP contribution in [0.15, 0.2) is 46.2 Å². The molecule has 10 nitrogen and oxygen atoms in total. The van der Waals surface area contributed by atoms with Crippen molar-refractivity contribution in [2.24, 2.45) is 0 Å². The Labute approximate surface area is 179 Å². The van der Waals surface area contributed by atoms with Crippen LogP contribution >= 0.6 is 11.6 Å². The molecule has 0 saturated carbocycles. The van der Waals surface area contributed by atoms with E-state index in [2.05, 4.69) is 0 Å². The molecule has 0 aliphatic carbocycles. The Kier molecular flexibility index (Phi) is 7.29. The van der Waals surface area contributed by atoms with Crippen LogP contribution in [0.25, 0.3) is 0 Å². The lowest BCUT2D eigenvalue weighted by Crippen LogP contribution is -2.33. The lowest BCUT2D eigenvalue weighted by Gasteiger charge is -2.19. The van der Waals surface area contributed by atoms with Gasteiger partial charge in [-0.15, -0.1) is 0 Å². The molecule has 0 radical (unpaired) electrons. The van der Waals surface area contributed by atoms with Gasteiger partial charge in [-0.3, -0.25) is 10.1 Å². The van der Waals surface area contributed by atoms with Crippen molar-refractivity contribution in [1.29, 1.82) is 0 Å². The smallest absolute Gasteiger partial charge is 0.289 e. The van der Waals surface area contributed by atoms with Crippen molar-refractivity contribution >= 4 is 37.3 Å². The van der Waals surface area contributed by atoms with Crippen molar-refractivity contribution in [2.75, 3.05) is 20.3 Å². The van der Waals surface area contributed by atoms with Crippen molar-refractivity contribution < 1.29 is 31.2 Å². The normalized spacial score (nSPS) is 12.0. The predicted octanol–water partition coefficient (Wildman–Crippen LogP) is 3.06. The van der Waals surface area contributed by atoms with Crippen molar-refractivity contribution in [2.45, 2.75) is 23.6 Å². The van der Waals surface area contributed by atoms with Crippen LogP contribution in [-0.4, -0.2) is 45.7 Å². The Bertz CT molecular complexity index is 1170. The molecule has 0 N–H and O–H groups in total. The van der Waals surface area contributed by atoms with Crippen LogP contribution in [0.3, 0.4) is 0 Å². The Balaban J connectivity index is 2.53. The zero-order valence-electron chi connectivity index (χ0n) is 16.2. The van der Waals surface area contributed by atoms with Crippen LogP contribution in [0.5, 0.6) is 11.5 Å². The maximum Gasteiger partial charge on any atom is 0.289 e. The van der Waals surface area contributed by atoms with Crippen LogP contribution in [0.2, 0.25) is 5.02 Å². The molecule has 0 aromatic heterocycles. The number of nitro groups is 1. The average molecular weight is 479 g/mol. The van der Waals surface area contributed by atoms with Crippen LogP contribution < -0.4 is 9.47 Å². The van der Waals surface area contributed by atoms with Gasteiger partial charge in [0.05, 0.1) is 27.9 Å². The van der Waals surface area contributed by atoms with Crippen LogP contribution in [-0.2, 0) is 20.0 Å². The highest BCUT2D eigenvalue weighted by molar-refractivity contribution is 8.04. The van der Waals surface area contributed by atoms with Crippen molar-refractivity contribution in [3.63, 3.8) is 0 Å². The molecule has 0 aliphatic heterocycles. The Hall–Kier alpha value is -2.41. The molecule has 0 heterocycles. The largest absolute Gasteiger partial charge is 0.490 e. The number of hydrogen-bond donors (Lipinski definition) is 0. The third-order valence-corrected chi connectivity index (χ3v) is 8.45. The van der Waals surface area contributed by atoms with E-state index < -0.39 is 35.6 Å². The molecule has 0 unspecified atom stereocenters. The van der Waals surface area contributed by atoms with Gasteiger partial charge in [0.25, 0.3) is 25.7 Å². The van der Waals surface area contributed by atoms with Gasteiger partial charge < -0.3 is 9.47 Å². The first-order valence-electron chi connectivity index (χ1n) is 8.54. The summed E-state index contributed by atoms with van der Waals surface area (Å²) in [5, 5.41) is 10.8. The molecule has 0 fully saturated rings. The second kappa shape index (κ2) is 9.16. The minimum atomic E-state index is -4.65. The van der Waals surface area contributed by atoms with E-state index in [9.17, 15) is 26.9 Å². The lowest BCUT2D eigenvalue weighted by molar-refractivity contribution is -0.384. The summed E-state index contributed by atoms with van der Waals surface area (Å²) in [5.74, 6) is 0.436. The van der Waals surface area contributed by atoms with Gasteiger partial charge in [-0.05, 0) is 38.1 Å². The first-order chi connectivity index (χ1) is 14.0. The van der Waals surface area contributed by atoms with Gasteiger partial charge >= 0.3 is 0 Å². The number of rotatable bonds is 9. The van der Waals surface area contributed by atoms with Gasteiger partial charge in [0.2, 0.25) is 0 Å². The van der Waals surface area contributed by atoms with E-state index in [0.29, 0.717) is 18.4 Å². The van der Waals surface area contributed by atoms with E-state index in [1.807, 2.05) is 0 Å². The van der Waals surface area contributed by atoms with Gasteiger partial charge in [-0.2, -0.15) is 0 Å². The second-order valence-electron chi connectivity index (χ2n) is 5.73. The third kappa shape index (κ3) is 4.67. The highest BCUT2D eigenvalue weighted by Gasteiger charge is 2.35. The maximum atomic E-state index is 13.0. The van der Waals surface area contributed by atoms with Gasteiger partial charge in [0.1, 0.15) is 5.02 Å². The SMILES string of the molecule is CCOc1ccc(S(=O)(=O)N(C)S(=O)(=O)c2ccc(Cl)c([N+](=O)[O-])c2)cc1OCC. The number of hydrogen-bond acceptors (Lipinski definition) is 8. The number of halogens is 1. The molecular weight excluding hydrogens is 460 g/mol. The summed E-state index contributed by atoms with van der Waals surface area (Å²) in [5.41, 5.74) is -0.664. The topological polar surface area (TPSA) is 133 Å². The number of nitrogens with zero attached hydrogens (tertiary/aromatic N) is 2.